The standard InChI is InChI=1S/C12H16Cl2N2.C10H20N2O/c1-2-15-6-8-16(9-7-15)11-5-3-4-10(13)12(11)14;1-12(2)8-10(13)11-9-6-4-3-5-7-9/h3-5H,2,6-9H2,1H3;9H,3-8H2,1-2H3,(H,11,13). The zero-order valence-corrected chi connectivity index (χ0v) is 19.6. The molecule has 0 unspecified atom stereocenters. The van der Waals surface area contributed by atoms with Crippen LogP contribution >= 0.6 is 23.2 Å². The third kappa shape index (κ3) is 8.33. The summed E-state index contributed by atoms with van der Waals surface area (Å²) >= 11 is 12.2. The van der Waals surface area contributed by atoms with Crippen LogP contribution in [0.3, 0.4) is 0 Å². The molecule has 1 aliphatic heterocycles. The Balaban J connectivity index is 0.000000212. The van der Waals surface area contributed by atoms with Gasteiger partial charge >= 0.3 is 0 Å². The van der Waals surface area contributed by atoms with Gasteiger partial charge in [0.25, 0.3) is 0 Å². The number of hydrogen-bond acceptors (Lipinski definition) is 4. The van der Waals surface area contributed by atoms with Crippen LogP contribution in [0.4, 0.5) is 5.69 Å². The molecule has 1 aromatic rings. The lowest BCUT2D eigenvalue weighted by atomic mass is 9.95. The summed E-state index contributed by atoms with van der Waals surface area (Å²) in [6.45, 7) is 8.07. The van der Waals surface area contributed by atoms with Gasteiger partial charge in [-0.2, -0.15) is 0 Å². The van der Waals surface area contributed by atoms with Gasteiger partial charge in [0.1, 0.15) is 0 Å². The topological polar surface area (TPSA) is 38.8 Å². The number of likely N-dealkylation sites (N-methyl/N-ethyl adjacent to an activating group) is 2. The Morgan fingerprint density at radius 1 is 1.10 bits per heavy atom. The molecular weight excluding hydrogens is 407 g/mol. The molecule has 7 heteroatoms. The number of carbonyl (C=O) groups excluding carboxylic acids is 1. The summed E-state index contributed by atoms with van der Waals surface area (Å²) in [7, 11) is 3.83. The number of rotatable bonds is 5. The second-order valence-corrected chi connectivity index (χ2v) is 8.92. The van der Waals surface area contributed by atoms with E-state index in [1.54, 1.807) is 0 Å². The first-order chi connectivity index (χ1) is 13.9. The van der Waals surface area contributed by atoms with E-state index in [2.05, 4.69) is 22.0 Å². The summed E-state index contributed by atoms with van der Waals surface area (Å²) in [5.41, 5.74) is 1.06. The molecule has 1 N–H and O–H groups in total. The van der Waals surface area contributed by atoms with Crippen molar-refractivity contribution in [3.63, 3.8) is 0 Å². The van der Waals surface area contributed by atoms with Crippen LogP contribution in [0.5, 0.6) is 0 Å². The molecule has 0 spiro atoms. The number of anilines is 1. The van der Waals surface area contributed by atoms with Crippen LogP contribution in [0.1, 0.15) is 39.0 Å². The van der Waals surface area contributed by atoms with E-state index in [1.807, 2.05) is 37.2 Å². The molecule has 1 aliphatic carbocycles. The molecule has 0 aromatic heterocycles. The summed E-state index contributed by atoms with van der Waals surface area (Å²) in [6.07, 6.45) is 6.21. The maximum Gasteiger partial charge on any atom is 0.234 e. The van der Waals surface area contributed by atoms with Gasteiger partial charge < -0.3 is 20.0 Å². The Kier molecular flexibility index (Phi) is 10.6. The van der Waals surface area contributed by atoms with E-state index >= 15 is 0 Å². The molecule has 1 heterocycles. The van der Waals surface area contributed by atoms with Crippen LogP contribution in [0.2, 0.25) is 10.0 Å². The normalized spacial score (nSPS) is 18.3. The molecule has 2 aliphatic rings. The van der Waals surface area contributed by atoms with Gasteiger partial charge in [-0.1, -0.05) is 55.5 Å². The Morgan fingerprint density at radius 3 is 2.34 bits per heavy atom. The average molecular weight is 443 g/mol. The number of hydrogen-bond donors (Lipinski definition) is 1. The predicted molar refractivity (Wildman–Crippen MR) is 124 cm³/mol. The van der Waals surface area contributed by atoms with Gasteiger partial charge in [0.2, 0.25) is 5.91 Å². The van der Waals surface area contributed by atoms with Crippen molar-refractivity contribution >= 4 is 34.8 Å². The number of carbonyl (C=O) groups is 1. The average Bonchev–Trinajstić information content (AvgIpc) is 2.71. The molecule has 164 valence electrons. The van der Waals surface area contributed by atoms with Crippen molar-refractivity contribution in [3.8, 4) is 0 Å². The fourth-order valence-electron chi connectivity index (χ4n) is 3.85. The van der Waals surface area contributed by atoms with E-state index in [9.17, 15) is 4.79 Å². The minimum absolute atomic E-state index is 0.164. The molecule has 0 atom stereocenters. The van der Waals surface area contributed by atoms with Crippen LogP contribution in [0.25, 0.3) is 0 Å². The molecule has 29 heavy (non-hydrogen) atoms. The Labute approximate surface area is 186 Å². The molecular formula is C22H36Cl2N4O. The van der Waals surface area contributed by atoms with Crippen LogP contribution in [-0.2, 0) is 4.79 Å². The number of piperazine rings is 1. The molecule has 5 nitrogen and oxygen atoms in total. The summed E-state index contributed by atoms with van der Waals surface area (Å²) in [4.78, 5) is 18.0. The van der Waals surface area contributed by atoms with Crippen molar-refractivity contribution in [2.45, 2.75) is 45.1 Å². The second-order valence-electron chi connectivity index (χ2n) is 8.13. The third-order valence-electron chi connectivity index (χ3n) is 5.52. The van der Waals surface area contributed by atoms with Gasteiger partial charge in [0, 0.05) is 32.2 Å². The molecule has 1 aromatic carbocycles. The van der Waals surface area contributed by atoms with E-state index in [0.717, 1.165) is 38.4 Å². The van der Waals surface area contributed by atoms with Gasteiger partial charge in [-0.15, -0.1) is 0 Å². The quantitative estimate of drug-likeness (QED) is 0.743. The van der Waals surface area contributed by atoms with Crippen LogP contribution in [0, 0.1) is 0 Å². The Hall–Kier alpha value is -1.01. The van der Waals surface area contributed by atoms with Gasteiger partial charge in [-0.05, 0) is 45.6 Å². The summed E-state index contributed by atoms with van der Waals surface area (Å²) in [5, 5.41) is 4.38. The van der Waals surface area contributed by atoms with Crippen molar-refractivity contribution in [1.82, 2.24) is 15.1 Å². The van der Waals surface area contributed by atoms with Crippen molar-refractivity contribution in [1.29, 1.82) is 0 Å². The second kappa shape index (κ2) is 12.6. The number of nitrogens with one attached hydrogen (secondary N) is 1. The number of halogens is 2. The minimum atomic E-state index is 0.164. The molecule has 0 bridgehead atoms. The van der Waals surface area contributed by atoms with Gasteiger partial charge in [-0.3, -0.25) is 4.79 Å². The highest BCUT2D eigenvalue weighted by Gasteiger charge is 2.18. The van der Waals surface area contributed by atoms with E-state index < -0.39 is 0 Å². The highest BCUT2D eigenvalue weighted by atomic mass is 35.5. The Morgan fingerprint density at radius 2 is 1.76 bits per heavy atom. The molecule has 0 radical (unpaired) electrons. The summed E-state index contributed by atoms with van der Waals surface area (Å²) < 4.78 is 0. The lowest BCUT2D eigenvalue weighted by Crippen LogP contribution is -2.46. The van der Waals surface area contributed by atoms with Crippen molar-refractivity contribution in [3.05, 3.63) is 28.2 Å². The zero-order valence-electron chi connectivity index (χ0n) is 18.1. The highest BCUT2D eigenvalue weighted by molar-refractivity contribution is 6.43. The minimum Gasteiger partial charge on any atom is -0.368 e. The number of benzene rings is 1. The van der Waals surface area contributed by atoms with Gasteiger partial charge in [0.05, 0.1) is 22.3 Å². The number of nitrogens with zero attached hydrogens (tertiary/aromatic N) is 3. The monoisotopic (exact) mass is 442 g/mol. The first-order valence-corrected chi connectivity index (χ1v) is 11.5. The molecule has 2 fully saturated rings. The fourth-order valence-corrected chi connectivity index (χ4v) is 4.26. The van der Waals surface area contributed by atoms with Crippen molar-refractivity contribution in [2.24, 2.45) is 0 Å². The molecule has 3 rings (SSSR count). The van der Waals surface area contributed by atoms with Crippen molar-refractivity contribution < 1.29 is 4.79 Å². The highest BCUT2D eigenvalue weighted by Crippen LogP contribution is 2.32. The van der Waals surface area contributed by atoms with Gasteiger partial charge in [-0.25, -0.2) is 0 Å². The first kappa shape index (κ1) is 24.3. The Bertz CT molecular complexity index is 627. The van der Waals surface area contributed by atoms with Crippen LogP contribution < -0.4 is 10.2 Å². The largest absolute Gasteiger partial charge is 0.368 e. The predicted octanol–water partition coefficient (Wildman–Crippen LogP) is 4.13. The lowest BCUT2D eigenvalue weighted by Gasteiger charge is -2.36. The van der Waals surface area contributed by atoms with Crippen molar-refractivity contribution in [2.75, 3.05) is 58.3 Å². The third-order valence-corrected chi connectivity index (χ3v) is 6.33. The molecule has 1 amide bonds. The summed E-state index contributed by atoms with van der Waals surface area (Å²) in [5.74, 6) is 0.164. The van der Waals surface area contributed by atoms with E-state index in [1.165, 1.54) is 32.1 Å². The molecule has 1 saturated carbocycles. The SMILES string of the molecule is CCN1CCN(c2cccc(Cl)c2Cl)CC1.CN(C)CC(=O)NC1CCCCC1. The smallest absolute Gasteiger partial charge is 0.234 e. The summed E-state index contributed by atoms with van der Waals surface area (Å²) in [6, 6.07) is 6.27. The zero-order chi connectivity index (χ0) is 21.2. The van der Waals surface area contributed by atoms with E-state index in [-0.39, 0.29) is 5.91 Å². The van der Waals surface area contributed by atoms with Gasteiger partial charge in [0.15, 0.2) is 0 Å². The van der Waals surface area contributed by atoms with E-state index in [4.69, 9.17) is 23.2 Å². The number of amides is 1. The van der Waals surface area contributed by atoms with Crippen LogP contribution in [-0.4, -0.2) is 75.1 Å². The lowest BCUT2D eigenvalue weighted by molar-refractivity contribution is -0.122. The maximum atomic E-state index is 11.4. The first-order valence-electron chi connectivity index (χ1n) is 10.8. The van der Waals surface area contributed by atoms with E-state index in [0.29, 0.717) is 22.6 Å². The fraction of sp³-hybridized carbons (Fsp3) is 0.682. The molecule has 1 saturated heterocycles. The maximum absolute atomic E-state index is 11.4. The van der Waals surface area contributed by atoms with Crippen LogP contribution in [0.15, 0.2) is 18.2 Å².